The summed E-state index contributed by atoms with van der Waals surface area (Å²) in [4.78, 5) is 25.1. The summed E-state index contributed by atoms with van der Waals surface area (Å²) in [6.07, 6.45) is 1.27. The summed E-state index contributed by atoms with van der Waals surface area (Å²) in [6.45, 7) is 0.994. The largest absolute Gasteiger partial charge is 0.481 e. The summed E-state index contributed by atoms with van der Waals surface area (Å²) in [5, 5.41) is 8.96. The zero-order chi connectivity index (χ0) is 14.3. The molecule has 0 saturated heterocycles. The number of nitrogens with zero attached hydrogens (tertiary/aromatic N) is 1. The van der Waals surface area contributed by atoms with Crippen LogP contribution in [-0.4, -0.2) is 35.0 Å². The van der Waals surface area contributed by atoms with Crippen molar-refractivity contribution in [3.8, 4) is 0 Å². The SMILES string of the molecule is NCC1c2ccccc2CCN1C(=O)[C@@H]1C[C@H]1C(=O)O. The minimum atomic E-state index is -0.870. The number of carbonyl (C=O) groups excluding carboxylic acids is 1. The molecule has 1 aliphatic carbocycles. The molecule has 5 heteroatoms. The van der Waals surface area contributed by atoms with Gasteiger partial charge in [-0.15, -0.1) is 0 Å². The van der Waals surface area contributed by atoms with Crippen molar-refractivity contribution in [3.63, 3.8) is 0 Å². The number of amides is 1. The van der Waals surface area contributed by atoms with Gasteiger partial charge in [0.05, 0.1) is 17.9 Å². The van der Waals surface area contributed by atoms with Gasteiger partial charge < -0.3 is 15.7 Å². The maximum atomic E-state index is 12.5. The number of carboxylic acids is 1. The molecule has 1 heterocycles. The third-order valence-electron chi connectivity index (χ3n) is 4.34. The van der Waals surface area contributed by atoms with Gasteiger partial charge in [-0.3, -0.25) is 9.59 Å². The van der Waals surface area contributed by atoms with Crippen LogP contribution in [0.15, 0.2) is 24.3 Å². The Labute approximate surface area is 117 Å². The molecule has 2 aliphatic rings. The zero-order valence-corrected chi connectivity index (χ0v) is 11.2. The third kappa shape index (κ3) is 2.08. The Balaban J connectivity index is 1.81. The van der Waals surface area contributed by atoms with Crippen molar-refractivity contribution >= 4 is 11.9 Å². The molecule has 1 amide bonds. The first kappa shape index (κ1) is 13.1. The van der Waals surface area contributed by atoms with Crippen LogP contribution in [0.2, 0.25) is 0 Å². The molecular weight excluding hydrogens is 256 g/mol. The smallest absolute Gasteiger partial charge is 0.307 e. The first-order valence-corrected chi connectivity index (χ1v) is 6.94. The Hall–Kier alpha value is -1.88. The van der Waals surface area contributed by atoms with Gasteiger partial charge in [0.1, 0.15) is 0 Å². The molecule has 0 bridgehead atoms. The van der Waals surface area contributed by atoms with Crippen LogP contribution in [-0.2, 0) is 16.0 Å². The highest BCUT2D eigenvalue weighted by Gasteiger charge is 2.51. The van der Waals surface area contributed by atoms with Crippen LogP contribution in [0, 0.1) is 11.8 Å². The summed E-state index contributed by atoms with van der Waals surface area (Å²) in [6, 6.07) is 7.89. The van der Waals surface area contributed by atoms with E-state index in [1.807, 2.05) is 18.2 Å². The van der Waals surface area contributed by atoms with Gasteiger partial charge in [-0.2, -0.15) is 0 Å². The molecular formula is C15H18N2O3. The van der Waals surface area contributed by atoms with Crippen molar-refractivity contribution in [2.45, 2.75) is 18.9 Å². The van der Waals surface area contributed by atoms with Crippen molar-refractivity contribution in [1.82, 2.24) is 4.90 Å². The molecule has 0 radical (unpaired) electrons. The Morgan fingerprint density at radius 2 is 2.05 bits per heavy atom. The monoisotopic (exact) mass is 274 g/mol. The van der Waals surface area contributed by atoms with Gasteiger partial charge in [0.15, 0.2) is 0 Å². The lowest BCUT2D eigenvalue weighted by Crippen LogP contribution is -2.44. The average Bonchev–Trinajstić information content (AvgIpc) is 3.25. The molecule has 3 rings (SSSR count). The number of aliphatic carboxylic acids is 1. The fraction of sp³-hybridized carbons (Fsp3) is 0.467. The van der Waals surface area contributed by atoms with E-state index in [2.05, 4.69) is 6.07 Å². The van der Waals surface area contributed by atoms with Crippen LogP contribution in [0.1, 0.15) is 23.6 Å². The fourth-order valence-electron chi connectivity index (χ4n) is 3.12. The first-order chi connectivity index (χ1) is 9.63. The second-order valence-electron chi connectivity index (χ2n) is 5.52. The van der Waals surface area contributed by atoms with Crippen molar-refractivity contribution in [2.75, 3.05) is 13.1 Å². The Morgan fingerprint density at radius 1 is 1.30 bits per heavy atom. The Bertz CT molecular complexity index is 558. The van der Waals surface area contributed by atoms with E-state index in [4.69, 9.17) is 10.8 Å². The molecule has 1 fully saturated rings. The van der Waals surface area contributed by atoms with Gasteiger partial charge in [-0.25, -0.2) is 0 Å². The Morgan fingerprint density at radius 3 is 2.70 bits per heavy atom. The molecule has 1 aliphatic heterocycles. The maximum absolute atomic E-state index is 12.5. The first-order valence-electron chi connectivity index (χ1n) is 6.94. The fourth-order valence-corrected chi connectivity index (χ4v) is 3.12. The lowest BCUT2D eigenvalue weighted by molar-refractivity contribution is -0.142. The van der Waals surface area contributed by atoms with Crippen LogP contribution in [0.25, 0.3) is 0 Å². The molecule has 1 unspecified atom stereocenters. The standard InChI is InChI=1S/C15H18N2O3/c16-8-13-10-4-2-1-3-9(10)5-6-17(13)14(18)11-7-12(11)15(19)20/h1-4,11-13H,5-8,16H2,(H,19,20)/t11-,12-,13?/m1/s1. The van der Waals surface area contributed by atoms with Crippen LogP contribution in [0.3, 0.4) is 0 Å². The minimum Gasteiger partial charge on any atom is -0.481 e. The highest BCUT2D eigenvalue weighted by Crippen LogP contribution is 2.42. The molecule has 106 valence electrons. The number of benzene rings is 1. The van der Waals surface area contributed by atoms with Gasteiger partial charge >= 0.3 is 5.97 Å². The van der Waals surface area contributed by atoms with E-state index in [0.29, 0.717) is 19.5 Å². The van der Waals surface area contributed by atoms with E-state index in [0.717, 1.165) is 12.0 Å². The molecule has 1 aromatic carbocycles. The molecule has 20 heavy (non-hydrogen) atoms. The predicted molar refractivity (Wildman–Crippen MR) is 72.9 cm³/mol. The molecule has 3 atom stereocenters. The van der Waals surface area contributed by atoms with Gasteiger partial charge in [-0.1, -0.05) is 24.3 Å². The number of carbonyl (C=O) groups is 2. The van der Waals surface area contributed by atoms with E-state index in [1.165, 1.54) is 5.56 Å². The minimum absolute atomic E-state index is 0.0534. The lowest BCUT2D eigenvalue weighted by Gasteiger charge is -2.37. The van der Waals surface area contributed by atoms with E-state index in [9.17, 15) is 9.59 Å². The summed E-state index contributed by atoms with van der Waals surface area (Å²) in [7, 11) is 0. The van der Waals surface area contributed by atoms with Crippen LogP contribution >= 0.6 is 0 Å². The van der Waals surface area contributed by atoms with Crippen molar-refractivity contribution in [2.24, 2.45) is 17.6 Å². The van der Waals surface area contributed by atoms with E-state index >= 15 is 0 Å². The molecule has 1 aromatic rings. The van der Waals surface area contributed by atoms with Crippen molar-refractivity contribution in [3.05, 3.63) is 35.4 Å². The molecule has 0 spiro atoms. The number of nitrogens with two attached hydrogens (primary N) is 1. The number of hydrogen-bond acceptors (Lipinski definition) is 3. The van der Waals surface area contributed by atoms with Crippen LogP contribution in [0.4, 0.5) is 0 Å². The van der Waals surface area contributed by atoms with Crippen molar-refractivity contribution in [1.29, 1.82) is 0 Å². The van der Waals surface area contributed by atoms with Gasteiger partial charge in [0.2, 0.25) is 5.91 Å². The van der Waals surface area contributed by atoms with Gasteiger partial charge in [0, 0.05) is 13.1 Å². The second-order valence-corrected chi connectivity index (χ2v) is 5.52. The topological polar surface area (TPSA) is 83.6 Å². The normalized spacial score (nSPS) is 27.9. The van der Waals surface area contributed by atoms with Gasteiger partial charge in [-0.05, 0) is 24.0 Å². The highest BCUT2D eigenvalue weighted by molar-refractivity contribution is 5.90. The van der Waals surface area contributed by atoms with Crippen LogP contribution < -0.4 is 5.73 Å². The summed E-state index contributed by atoms with van der Waals surface area (Å²) < 4.78 is 0. The number of hydrogen-bond donors (Lipinski definition) is 2. The van der Waals surface area contributed by atoms with E-state index < -0.39 is 11.9 Å². The highest BCUT2D eigenvalue weighted by atomic mass is 16.4. The second kappa shape index (κ2) is 4.90. The lowest BCUT2D eigenvalue weighted by atomic mass is 9.92. The van der Waals surface area contributed by atoms with Crippen molar-refractivity contribution < 1.29 is 14.7 Å². The Kier molecular flexibility index (Phi) is 3.22. The molecule has 0 aromatic heterocycles. The summed E-state index contributed by atoms with van der Waals surface area (Å²) in [5.41, 5.74) is 8.18. The summed E-state index contributed by atoms with van der Waals surface area (Å²) in [5.74, 6) is -1.78. The van der Waals surface area contributed by atoms with E-state index in [1.54, 1.807) is 4.90 Å². The summed E-state index contributed by atoms with van der Waals surface area (Å²) >= 11 is 0. The van der Waals surface area contributed by atoms with Crippen LogP contribution in [0.5, 0.6) is 0 Å². The molecule has 1 saturated carbocycles. The third-order valence-corrected chi connectivity index (χ3v) is 4.34. The number of fused-ring (bicyclic) bond motifs is 1. The quantitative estimate of drug-likeness (QED) is 0.853. The molecule has 5 nitrogen and oxygen atoms in total. The average molecular weight is 274 g/mol. The number of carboxylic acid groups (broad SMARTS) is 1. The zero-order valence-electron chi connectivity index (χ0n) is 11.2. The predicted octanol–water partition coefficient (Wildman–Crippen LogP) is 0.792. The maximum Gasteiger partial charge on any atom is 0.307 e. The van der Waals surface area contributed by atoms with Gasteiger partial charge in [0.25, 0.3) is 0 Å². The number of rotatable bonds is 3. The van der Waals surface area contributed by atoms with E-state index in [-0.39, 0.29) is 17.9 Å². The molecule has 3 N–H and O–H groups in total.